The molecule has 2 aromatic rings. The van der Waals surface area contributed by atoms with Gasteiger partial charge in [-0.15, -0.1) is 0 Å². The van der Waals surface area contributed by atoms with E-state index in [0.717, 1.165) is 22.3 Å². The first-order chi connectivity index (χ1) is 8.72. The van der Waals surface area contributed by atoms with E-state index in [1.54, 1.807) is 6.20 Å². The number of halogens is 1. The van der Waals surface area contributed by atoms with E-state index in [9.17, 15) is 0 Å². The second-order valence-electron chi connectivity index (χ2n) is 3.91. The Bertz CT molecular complexity index is 543. The highest BCUT2D eigenvalue weighted by atomic mass is 79.9. The van der Waals surface area contributed by atoms with Crippen molar-refractivity contribution in [3.05, 3.63) is 52.3 Å². The highest BCUT2D eigenvalue weighted by Crippen LogP contribution is 2.27. The smallest absolute Gasteiger partial charge is 0.151 e. The second-order valence-corrected chi connectivity index (χ2v) is 4.82. The van der Waals surface area contributed by atoms with Gasteiger partial charge in [0.05, 0.1) is 5.69 Å². The van der Waals surface area contributed by atoms with Crippen molar-refractivity contribution in [1.29, 1.82) is 0 Å². The maximum absolute atomic E-state index is 5.85. The van der Waals surface area contributed by atoms with Crippen molar-refractivity contribution in [2.45, 2.75) is 19.9 Å². The van der Waals surface area contributed by atoms with Gasteiger partial charge in [-0.3, -0.25) is 4.98 Å². The van der Waals surface area contributed by atoms with Gasteiger partial charge in [-0.05, 0) is 46.1 Å². The molecule has 0 amide bonds. The van der Waals surface area contributed by atoms with Crippen molar-refractivity contribution in [2.75, 3.05) is 0 Å². The Hall–Kier alpha value is -1.39. The molecule has 94 valence electrons. The van der Waals surface area contributed by atoms with Gasteiger partial charge in [0.2, 0.25) is 0 Å². The summed E-state index contributed by atoms with van der Waals surface area (Å²) in [6, 6.07) is 9.91. The van der Waals surface area contributed by atoms with Crippen LogP contribution in [0.4, 0.5) is 0 Å². The summed E-state index contributed by atoms with van der Waals surface area (Å²) >= 11 is 3.38. The summed E-state index contributed by atoms with van der Waals surface area (Å²) in [5, 5.41) is 0. The lowest BCUT2D eigenvalue weighted by Gasteiger charge is -2.10. The maximum atomic E-state index is 5.85. The first kappa shape index (κ1) is 13.1. The molecule has 4 heteroatoms. The van der Waals surface area contributed by atoms with Gasteiger partial charge in [-0.1, -0.05) is 19.1 Å². The number of aromatic nitrogens is 1. The van der Waals surface area contributed by atoms with Crippen molar-refractivity contribution >= 4 is 15.9 Å². The van der Waals surface area contributed by atoms with Crippen LogP contribution in [0.2, 0.25) is 0 Å². The number of rotatable bonds is 4. The molecule has 0 radical (unpaired) electrons. The molecule has 18 heavy (non-hydrogen) atoms. The van der Waals surface area contributed by atoms with E-state index < -0.39 is 0 Å². The second kappa shape index (κ2) is 5.98. The molecule has 3 nitrogen and oxygen atoms in total. The molecule has 0 saturated heterocycles. The molecule has 0 unspecified atom stereocenters. The zero-order valence-electron chi connectivity index (χ0n) is 10.2. The summed E-state index contributed by atoms with van der Waals surface area (Å²) in [6.45, 7) is 2.47. The predicted octanol–water partition coefficient (Wildman–Crippen LogP) is 3.66. The molecule has 1 aromatic heterocycles. The number of aryl methyl sites for hydroxylation is 1. The van der Waals surface area contributed by atoms with E-state index in [0.29, 0.717) is 12.3 Å². The third-order valence-electron chi connectivity index (χ3n) is 2.62. The highest BCUT2D eigenvalue weighted by Gasteiger charge is 2.06. The van der Waals surface area contributed by atoms with Crippen molar-refractivity contribution < 1.29 is 4.74 Å². The summed E-state index contributed by atoms with van der Waals surface area (Å²) in [5.74, 6) is 1.50. The average Bonchev–Trinajstić information content (AvgIpc) is 2.39. The van der Waals surface area contributed by atoms with Gasteiger partial charge in [-0.2, -0.15) is 0 Å². The Balaban J connectivity index is 2.29. The molecule has 1 heterocycles. The van der Waals surface area contributed by atoms with Crippen molar-refractivity contribution in [1.82, 2.24) is 4.98 Å². The molecular formula is C14H15BrN2O. The Morgan fingerprint density at radius 2 is 2.17 bits per heavy atom. The van der Waals surface area contributed by atoms with Crippen LogP contribution < -0.4 is 10.5 Å². The van der Waals surface area contributed by atoms with Crippen LogP contribution in [0.15, 0.2) is 41.0 Å². The lowest BCUT2D eigenvalue weighted by atomic mass is 10.2. The van der Waals surface area contributed by atoms with E-state index in [1.165, 1.54) is 5.56 Å². The summed E-state index contributed by atoms with van der Waals surface area (Å²) in [7, 11) is 0. The minimum Gasteiger partial charge on any atom is -0.455 e. The van der Waals surface area contributed by atoms with Gasteiger partial charge in [0.25, 0.3) is 0 Å². The van der Waals surface area contributed by atoms with Crippen molar-refractivity contribution in [3.8, 4) is 11.5 Å². The summed E-state index contributed by atoms with van der Waals surface area (Å²) in [4.78, 5) is 4.24. The van der Waals surface area contributed by atoms with Crippen LogP contribution in [0.5, 0.6) is 11.5 Å². The predicted molar refractivity (Wildman–Crippen MR) is 75.7 cm³/mol. The molecule has 0 spiro atoms. The first-order valence-corrected chi connectivity index (χ1v) is 6.63. The molecule has 2 N–H and O–H groups in total. The molecule has 0 aliphatic heterocycles. The first-order valence-electron chi connectivity index (χ1n) is 5.84. The van der Waals surface area contributed by atoms with E-state index in [2.05, 4.69) is 33.9 Å². The number of hydrogen-bond donors (Lipinski definition) is 1. The zero-order valence-corrected chi connectivity index (χ0v) is 11.8. The topological polar surface area (TPSA) is 48.1 Å². The van der Waals surface area contributed by atoms with Crippen LogP contribution in [0.1, 0.15) is 18.2 Å². The quantitative estimate of drug-likeness (QED) is 0.938. The van der Waals surface area contributed by atoms with Crippen LogP contribution in [-0.4, -0.2) is 4.98 Å². The highest BCUT2D eigenvalue weighted by molar-refractivity contribution is 9.10. The van der Waals surface area contributed by atoms with Crippen LogP contribution in [0.3, 0.4) is 0 Å². The standard InChI is InChI=1S/C14H15BrN2O/c1-2-10-4-3-5-12(6-10)18-14-7-11(15)9-17-13(14)8-16/h3-7,9H,2,8,16H2,1H3. The fourth-order valence-corrected chi connectivity index (χ4v) is 1.96. The van der Waals surface area contributed by atoms with Crippen molar-refractivity contribution in [2.24, 2.45) is 5.73 Å². The Morgan fingerprint density at radius 3 is 2.89 bits per heavy atom. The van der Waals surface area contributed by atoms with Gasteiger partial charge in [0, 0.05) is 17.2 Å². The third kappa shape index (κ3) is 3.09. The average molecular weight is 307 g/mol. The van der Waals surface area contributed by atoms with Crippen LogP contribution in [-0.2, 0) is 13.0 Å². The Morgan fingerprint density at radius 1 is 1.33 bits per heavy atom. The van der Waals surface area contributed by atoms with E-state index >= 15 is 0 Å². The fraction of sp³-hybridized carbons (Fsp3) is 0.214. The number of benzene rings is 1. The van der Waals surface area contributed by atoms with Crippen LogP contribution in [0, 0.1) is 0 Å². The zero-order chi connectivity index (χ0) is 13.0. The van der Waals surface area contributed by atoms with Gasteiger partial charge < -0.3 is 10.5 Å². The number of nitrogens with zero attached hydrogens (tertiary/aromatic N) is 1. The lowest BCUT2D eigenvalue weighted by molar-refractivity contribution is 0.471. The summed E-state index contributed by atoms with van der Waals surface area (Å²) < 4.78 is 6.73. The van der Waals surface area contributed by atoms with Gasteiger partial charge in [0.15, 0.2) is 5.75 Å². The molecule has 2 rings (SSSR count). The molecule has 0 bridgehead atoms. The van der Waals surface area contributed by atoms with Gasteiger partial charge >= 0.3 is 0 Å². The number of pyridine rings is 1. The van der Waals surface area contributed by atoms with Crippen molar-refractivity contribution in [3.63, 3.8) is 0 Å². The van der Waals surface area contributed by atoms with E-state index in [-0.39, 0.29) is 0 Å². The van der Waals surface area contributed by atoms with Gasteiger partial charge in [-0.25, -0.2) is 0 Å². The molecule has 1 aromatic carbocycles. The SMILES string of the molecule is CCc1cccc(Oc2cc(Br)cnc2CN)c1. The third-order valence-corrected chi connectivity index (χ3v) is 3.06. The number of ether oxygens (including phenoxy) is 1. The number of nitrogens with two attached hydrogens (primary N) is 1. The van der Waals surface area contributed by atoms with Gasteiger partial charge in [0.1, 0.15) is 5.75 Å². The lowest BCUT2D eigenvalue weighted by Crippen LogP contribution is -2.02. The fourth-order valence-electron chi connectivity index (χ4n) is 1.65. The Kier molecular flexibility index (Phi) is 4.33. The summed E-state index contributed by atoms with van der Waals surface area (Å²) in [6.07, 6.45) is 2.70. The number of hydrogen-bond acceptors (Lipinski definition) is 3. The molecule has 0 atom stereocenters. The van der Waals surface area contributed by atoms with Crippen LogP contribution in [0.25, 0.3) is 0 Å². The maximum Gasteiger partial charge on any atom is 0.151 e. The van der Waals surface area contributed by atoms with E-state index in [1.807, 2.05) is 24.3 Å². The molecule has 0 aliphatic carbocycles. The molecular weight excluding hydrogens is 292 g/mol. The monoisotopic (exact) mass is 306 g/mol. The van der Waals surface area contributed by atoms with Crippen LogP contribution >= 0.6 is 15.9 Å². The normalized spacial score (nSPS) is 10.4. The largest absolute Gasteiger partial charge is 0.455 e. The molecule has 0 fully saturated rings. The summed E-state index contributed by atoms with van der Waals surface area (Å²) in [5.41, 5.74) is 7.64. The minimum atomic E-state index is 0.357. The van der Waals surface area contributed by atoms with E-state index in [4.69, 9.17) is 10.5 Å². The Labute approximate surface area is 115 Å². The molecule has 0 aliphatic rings. The minimum absolute atomic E-state index is 0.357. The molecule has 0 saturated carbocycles.